The first-order valence-corrected chi connectivity index (χ1v) is 7.78. The lowest BCUT2D eigenvalue weighted by molar-refractivity contribution is 0.257. The van der Waals surface area contributed by atoms with Crippen LogP contribution >= 0.6 is 11.8 Å². The molecule has 20 heavy (non-hydrogen) atoms. The maximum atomic E-state index is 5.99. The average molecular weight is 290 g/mol. The predicted octanol–water partition coefficient (Wildman–Crippen LogP) is 2.35. The average Bonchev–Trinajstić information content (AvgIpc) is 2.91. The number of thioether (sulfide) groups is 1. The molecule has 0 spiro atoms. The summed E-state index contributed by atoms with van der Waals surface area (Å²) in [5, 5.41) is 4.14. The van der Waals surface area contributed by atoms with Crippen LogP contribution in [0.2, 0.25) is 0 Å². The van der Waals surface area contributed by atoms with Crippen molar-refractivity contribution in [3.63, 3.8) is 0 Å². The second kappa shape index (κ2) is 5.46. The van der Waals surface area contributed by atoms with E-state index in [9.17, 15) is 0 Å². The van der Waals surface area contributed by atoms with Crippen molar-refractivity contribution in [2.75, 3.05) is 30.8 Å². The highest BCUT2D eigenvalue weighted by Crippen LogP contribution is 2.30. The minimum absolute atomic E-state index is 0.220. The van der Waals surface area contributed by atoms with Gasteiger partial charge in [0, 0.05) is 23.7 Å². The van der Waals surface area contributed by atoms with Gasteiger partial charge in [0.05, 0.1) is 11.6 Å². The molecule has 1 aliphatic heterocycles. The lowest BCUT2D eigenvalue weighted by atomic mass is 10.1. The number of nitrogens with two attached hydrogens (primary N) is 1. The first-order valence-electron chi connectivity index (χ1n) is 6.63. The summed E-state index contributed by atoms with van der Waals surface area (Å²) in [5.41, 5.74) is 8.60. The third-order valence-electron chi connectivity index (χ3n) is 3.58. The number of hydrogen-bond donors (Lipinski definition) is 1. The fraction of sp³-hybridized carbons (Fsp3) is 0.429. The Morgan fingerprint density at radius 3 is 3.10 bits per heavy atom. The van der Waals surface area contributed by atoms with Gasteiger partial charge in [0.1, 0.15) is 0 Å². The third-order valence-corrected chi connectivity index (χ3v) is 4.60. The number of aryl methyl sites for hydroxylation is 1. The van der Waals surface area contributed by atoms with Crippen LogP contribution in [-0.2, 0) is 0 Å². The monoisotopic (exact) mass is 290 g/mol. The summed E-state index contributed by atoms with van der Waals surface area (Å²) in [6.45, 7) is 3.07. The molecule has 6 heteroatoms. The lowest BCUT2D eigenvalue weighted by Gasteiger charge is -2.29. The summed E-state index contributed by atoms with van der Waals surface area (Å²) >= 11 is 1.92. The number of benzene rings is 1. The van der Waals surface area contributed by atoms with E-state index in [1.54, 1.807) is 0 Å². The van der Waals surface area contributed by atoms with Crippen LogP contribution in [0.3, 0.4) is 0 Å². The molecule has 0 aliphatic carbocycles. The lowest BCUT2D eigenvalue weighted by Crippen LogP contribution is -2.33. The molecular formula is C14H18N4OS. The van der Waals surface area contributed by atoms with E-state index in [0.29, 0.717) is 11.6 Å². The van der Waals surface area contributed by atoms with Crippen LogP contribution in [0.1, 0.15) is 17.4 Å². The number of nitrogens with zero attached hydrogens (tertiary/aromatic N) is 3. The SMILES string of the molecule is Cc1ccc(N)c(-c2nc(C3CSCCN3C)no2)c1. The van der Waals surface area contributed by atoms with Crippen LogP contribution in [0.5, 0.6) is 0 Å². The zero-order valence-corrected chi connectivity index (χ0v) is 12.5. The van der Waals surface area contributed by atoms with Gasteiger partial charge in [0.25, 0.3) is 5.89 Å². The van der Waals surface area contributed by atoms with Crippen molar-refractivity contribution >= 4 is 17.4 Å². The van der Waals surface area contributed by atoms with E-state index in [-0.39, 0.29) is 6.04 Å². The number of anilines is 1. The summed E-state index contributed by atoms with van der Waals surface area (Å²) < 4.78 is 5.41. The molecule has 1 unspecified atom stereocenters. The summed E-state index contributed by atoms with van der Waals surface area (Å²) in [7, 11) is 2.10. The summed E-state index contributed by atoms with van der Waals surface area (Å²) in [6, 6.07) is 6.04. The second-order valence-corrected chi connectivity index (χ2v) is 6.27. The van der Waals surface area contributed by atoms with Crippen LogP contribution in [0.4, 0.5) is 5.69 Å². The minimum Gasteiger partial charge on any atom is -0.398 e. The number of hydrogen-bond acceptors (Lipinski definition) is 6. The molecule has 1 aromatic carbocycles. The smallest absolute Gasteiger partial charge is 0.260 e. The normalized spacial score (nSPS) is 20.2. The molecule has 3 rings (SSSR count). The van der Waals surface area contributed by atoms with E-state index < -0.39 is 0 Å². The quantitative estimate of drug-likeness (QED) is 0.856. The van der Waals surface area contributed by atoms with E-state index in [4.69, 9.17) is 10.3 Å². The molecule has 0 radical (unpaired) electrons. The van der Waals surface area contributed by atoms with E-state index in [0.717, 1.165) is 35.0 Å². The molecule has 2 aromatic rings. The van der Waals surface area contributed by atoms with Gasteiger partial charge in [-0.05, 0) is 26.1 Å². The molecule has 1 fully saturated rings. The molecule has 5 nitrogen and oxygen atoms in total. The van der Waals surface area contributed by atoms with Gasteiger partial charge >= 0.3 is 0 Å². The predicted molar refractivity (Wildman–Crippen MR) is 81.6 cm³/mol. The molecule has 1 saturated heterocycles. The van der Waals surface area contributed by atoms with Gasteiger partial charge in [0.2, 0.25) is 0 Å². The zero-order chi connectivity index (χ0) is 14.1. The number of aromatic nitrogens is 2. The Morgan fingerprint density at radius 1 is 1.45 bits per heavy atom. The fourth-order valence-corrected chi connectivity index (χ4v) is 3.50. The molecule has 0 saturated carbocycles. The van der Waals surface area contributed by atoms with Crippen LogP contribution in [-0.4, -0.2) is 40.1 Å². The van der Waals surface area contributed by atoms with Gasteiger partial charge in [0.15, 0.2) is 5.82 Å². The van der Waals surface area contributed by atoms with E-state index in [2.05, 4.69) is 22.1 Å². The first-order chi connectivity index (χ1) is 9.65. The van der Waals surface area contributed by atoms with E-state index in [1.165, 1.54) is 0 Å². The van der Waals surface area contributed by atoms with Crippen molar-refractivity contribution in [2.24, 2.45) is 0 Å². The molecule has 2 N–H and O–H groups in total. The van der Waals surface area contributed by atoms with Crippen molar-refractivity contribution < 1.29 is 4.52 Å². The van der Waals surface area contributed by atoms with Crippen LogP contribution in [0.25, 0.3) is 11.5 Å². The highest BCUT2D eigenvalue weighted by atomic mass is 32.2. The fourth-order valence-electron chi connectivity index (χ4n) is 2.29. The summed E-state index contributed by atoms with van der Waals surface area (Å²) in [4.78, 5) is 6.81. The third kappa shape index (κ3) is 2.53. The van der Waals surface area contributed by atoms with Gasteiger partial charge in [-0.15, -0.1) is 0 Å². The van der Waals surface area contributed by atoms with Gasteiger partial charge in [-0.2, -0.15) is 16.7 Å². The van der Waals surface area contributed by atoms with Crippen molar-refractivity contribution in [1.29, 1.82) is 0 Å². The molecule has 1 aliphatic rings. The Kier molecular flexibility index (Phi) is 3.67. The maximum Gasteiger partial charge on any atom is 0.260 e. The topological polar surface area (TPSA) is 68.2 Å². The van der Waals surface area contributed by atoms with Crippen LogP contribution in [0.15, 0.2) is 22.7 Å². The van der Waals surface area contributed by atoms with Crippen LogP contribution < -0.4 is 5.73 Å². The van der Waals surface area contributed by atoms with Gasteiger partial charge in [-0.1, -0.05) is 16.8 Å². The first kappa shape index (κ1) is 13.5. The Balaban J connectivity index is 1.91. The summed E-state index contributed by atoms with van der Waals surface area (Å²) in [6.07, 6.45) is 0. The Hall–Kier alpha value is -1.53. The minimum atomic E-state index is 0.220. The molecule has 106 valence electrons. The van der Waals surface area contributed by atoms with Crippen molar-refractivity contribution in [3.05, 3.63) is 29.6 Å². The summed E-state index contributed by atoms with van der Waals surface area (Å²) in [5.74, 6) is 3.40. The Morgan fingerprint density at radius 2 is 2.30 bits per heavy atom. The molecule has 0 amide bonds. The second-order valence-electron chi connectivity index (χ2n) is 5.12. The molecule has 1 aromatic heterocycles. The number of rotatable bonds is 2. The van der Waals surface area contributed by atoms with Gasteiger partial charge in [-0.25, -0.2) is 0 Å². The van der Waals surface area contributed by atoms with Crippen LogP contribution in [0, 0.1) is 6.92 Å². The zero-order valence-electron chi connectivity index (χ0n) is 11.7. The Bertz CT molecular complexity index is 613. The van der Waals surface area contributed by atoms with Crippen molar-refractivity contribution in [2.45, 2.75) is 13.0 Å². The Labute approximate surface area is 122 Å². The maximum absolute atomic E-state index is 5.99. The standard InChI is InChI=1S/C14H18N4OS/c1-9-3-4-11(15)10(7-9)14-16-13(17-19-14)12-8-20-6-5-18(12)2/h3-4,7,12H,5-6,8,15H2,1-2H3. The van der Waals surface area contributed by atoms with Gasteiger partial charge in [-0.3, -0.25) is 4.90 Å². The van der Waals surface area contributed by atoms with E-state index in [1.807, 2.05) is 36.9 Å². The van der Waals surface area contributed by atoms with Gasteiger partial charge < -0.3 is 10.3 Å². The molecule has 1 atom stereocenters. The number of nitrogen functional groups attached to an aromatic ring is 1. The molecule has 2 heterocycles. The molecule has 0 bridgehead atoms. The largest absolute Gasteiger partial charge is 0.398 e. The van der Waals surface area contributed by atoms with Crippen molar-refractivity contribution in [3.8, 4) is 11.5 Å². The highest BCUT2D eigenvalue weighted by Gasteiger charge is 2.26. The van der Waals surface area contributed by atoms with Crippen molar-refractivity contribution in [1.82, 2.24) is 15.0 Å². The molecular weight excluding hydrogens is 272 g/mol. The van der Waals surface area contributed by atoms with E-state index >= 15 is 0 Å². The highest BCUT2D eigenvalue weighted by molar-refractivity contribution is 7.99.